The minimum atomic E-state index is -2.27. The number of carboxylic acid groups (broad SMARTS) is 2. The van der Waals surface area contributed by atoms with Crippen LogP contribution in [-0.2, 0) is 9.59 Å². The van der Waals surface area contributed by atoms with E-state index < -0.39 is 24.1 Å². The summed E-state index contributed by atoms with van der Waals surface area (Å²) in [6.07, 6.45) is -3.40. The summed E-state index contributed by atoms with van der Waals surface area (Å²) < 4.78 is 0. The maximum Gasteiger partial charge on any atom is 0.335 e. The first-order chi connectivity index (χ1) is 11.4. The lowest BCUT2D eigenvalue weighted by molar-refractivity contribution is -0.165. The molecule has 8 nitrogen and oxygen atoms in total. The fraction of sp³-hybridized carbons (Fsp3) is 0.500. The fourth-order valence-electron chi connectivity index (χ4n) is 2.52. The molecule has 2 rings (SSSR count). The predicted molar refractivity (Wildman–Crippen MR) is 84.5 cm³/mol. The smallest absolute Gasteiger partial charge is 0.335 e. The summed E-state index contributed by atoms with van der Waals surface area (Å²) in [5, 5.41) is 45.1. The average Bonchev–Trinajstić information content (AvgIpc) is 2.61. The highest BCUT2D eigenvalue weighted by Crippen LogP contribution is 2.29. The van der Waals surface area contributed by atoms with Gasteiger partial charge >= 0.3 is 11.9 Å². The van der Waals surface area contributed by atoms with Crippen LogP contribution >= 0.6 is 0 Å². The molecule has 1 saturated heterocycles. The Hall–Kier alpha value is -2.00. The molecule has 0 aromatic heterocycles. The van der Waals surface area contributed by atoms with Crippen molar-refractivity contribution in [3.63, 3.8) is 0 Å². The molecule has 1 aromatic rings. The van der Waals surface area contributed by atoms with Gasteiger partial charge in [-0.3, -0.25) is 0 Å². The third kappa shape index (κ3) is 5.89. The van der Waals surface area contributed by atoms with Gasteiger partial charge in [0.25, 0.3) is 0 Å². The highest BCUT2D eigenvalue weighted by Gasteiger charge is 2.29. The number of hydrogen-bond donors (Lipinski definition) is 6. The van der Waals surface area contributed by atoms with Crippen LogP contribution in [0, 0.1) is 5.92 Å². The maximum atomic E-state index is 9.77. The van der Waals surface area contributed by atoms with Crippen LogP contribution in [0.4, 0.5) is 0 Å². The molecule has 134 valence electrons. The van der Waals surface area contributed by atoms with Crippen molar-refractivity contribution < 1.29 is 35.1 Å². The van der Waals surface area contributed by atoms with E-state index in [-0.39, 0.29) is 6.61 Å². The second kappa shape index (κ2) is 9.99. The number of aliphatic hydroxyl groups is 3. The summed E-state index contributed by atoms with van der Waals surface area (Å²) in [4.78, 5) is 19.5. The van der Waals surface area contributed by atoms with Gasteiger partial charge in [0, 0.05) is 19.1 Å². The Morgan fingerprint density at radius 2 is 1.62 bits per heavy atom. The summed E-state index contributed by atoms with van der Waals surface area (Å²) in [7, 11) is 0. The first-order valence-electron chi connectivity index (χ1n) is 7.56. The van der Waals surface area contributed by atoms with Crippen molar-refractivity contribution in [2.45, 2.75) is 24.5 Å². The lowest BCUT2D eigenvalue weighted by atomic mass is 9.82. The van der Waals surface area contributed by atoms with E-state index in [1.165, 1.54) is 5.56 Å². The Kier molecular flexibility index (Phi) is 8.34. The van der Waals surface area contributed by atoms with Crippen LogP contribution in [0.1, 0.15) is 17.9 Å². The van der Waals surface area contributed by atoms with Gasteiger partial charge in [-0.25, -0.2) is 9.59 Å². The molecule has 1 aromatic carbocycles. The van der Waals surface area contributed by atoms with Crippen molar-refractivity contribution in [3.05, 3.63) is 35.9 Å². The molecule has 1 aliphatic rings. The minimum absolute atomic E-state index is 0.284. The summed E-state index contributed by atoms with van der Waals surface area (Å²) in [6, 6.07) is 10.5. The van der Waals surface area contributed by atoms with Crippen LogP contribution in [0.3, 0.4) is 0 Å². The molecule has 0 bridgehead atoms. The summed E-state index contributed by atoms with van der Waals surface area (Å²) in [5.74, 6) is -2.63. The number of hydrogen-bond acceptors (Lipinski definition) is 6. The van der Waals surface area contributed by atoms with Gasteiger partial charge in [-0.2, -0.15) is 0 Å². The van der Waals surface area contributed by atoms with E-state index in [4.69, 9.17) is 20.4 Å². The zero-order chi connectivity index (χ0) is 18.1. The zero-order valence-corrected chi connectivity index (χ0v) is 13.1. The summed E-state index contributed by atoms with van der Waals surface area (Å²) >= 11 is 0. The molecule has 1 fully saturated rings. The quantitative estimate of drug-likeness (QED) is 0.410. The number of rotatable bonds is 5. The predicted octanol–water partition coefficient (Wildman–Crippen LogP) is -0.751. The molecule has 24 heavy (non-hydrogen) atoms. The number of carbonyl (C=O) groups is 2. The van der Waals surface area contributed by atoms with Gasteiger partial charge in [0.1, 0.15) is 0 Å². The van der Waals surface area contributed by atoms with E-state index in [1.807, 2.05) is 6.07 Å². The lowest BCUT2D eigenvalue weighted by Gasteiger charge is -2.31. The zero-order valence-electron chi connectivity index (χ0n) is 13.1. The number of benzene rings is 1. The molecule has 0 amide bonds. The van der Waals surface area contributed by atoms with E-state index in [0.29, 0.717) is 11.8 Å². The van der Waals surface area contributed by atoms with Crippen molar-refractivity contribution >= 4 is 11.9 Å². The van der Waals surface area contributed by atoms with Gasteiger partial charge < -0.3 is 30.8 Å². The Labute approximate surface area is 139 Å². The van der Waals surface area contributed by atoms with Crippen molar-refractivity contribution in [2.24, 2.45) is 5.92 Å². The van der Waals surface area contributed by atoms with E-state index in [0.717, 1.165) is 19.5 Å². The summed E-state index contributed by atoms with van der Waals surface area (Å²) in [5.41, 5.74) is 1.37. The molecule has 0 aliphatic carbocycles. The highest BCUT2D eigenvalue weighted by atomic mass is 16.4. The van der Waals surface area contributed by atoms with Crippen molar-refractivity contribution in [2.75, 3.05) is 19.7 Å². The molecule has 8 heteroatoms. The van der Waals surface area contributed by atoms with Crippen LogP contribution in [0.5, 0.6) is 0 Å². The first-order valence-corrected chi connectivity index (χ1v) is 7.56. The topological polar surface area (TPSA) is 147 Å². The highest BCUT2D eigenvalue weighted by molar-refractivity contribution is 5.83. The molecule has 0 radical (unpaired) electrons. The average molecular weight is 341 g/mol. The SMILES string of the molecule is O=C(O)[C@H](O)[C@@H](O)C(=O)O.OC[C@@H]1CNCC[C@H]1c1ccccc1. The van der Waals surface area contributed by atoms with Crippen LogP contribution in [0.25, 0.3) is 0 Å². The van der Waals surface area contributed by atoms with E-state index in [9.17, 15) is 14.7 Å². The number of piperidine rings is 1. The third-order valence-electron chi connectivity index (χ3n) is 3.88. The molecule has 0 spiro atoms. The molecule has 4 atom stereocenters. The third-order valence-corrected chi connectivity index (χ3v) is 3.88. The Bertz CT molecular complexity index is 504. The molecule has 0 saturated carbocycles. The molecular weight excluding hydrogens is 318 g/mol. The molecule has 1 aliphatic heterocycles. The second-order valence-corrected chi connectivity index (χ2v) is 5.52. The normalized spacial score (nSPS) is 22.6. The number of aliphatic hydroxyl groups excluding tert-OH is 3. The van der Waals surface area contributed by atoms with Gasteiger partial charge in [-0.1, -0.05) is 30.3 Å². The largest absolute Gasteiger partial charge is 0.479 e. The van der Waals surface area contributed by atoms with Crippen molar-refractivity contribution in [3.8, 4) is 0 Å². The van der Waals surface area contributed by atoms with E-state index >= 15 is 0 Å². The summed E-state index contributed by atoms with van der Waals surface area (Å²) in [6.45, 7) is 2.29. The van der Waals surface area contributed by atoms with Gasteiger partial charge in [0.05, 0.1) is 0 Å². The van der Waals surface area contributed by atoms with Crippen molar-refractivity contribution in [1.29, 1.82) is 0 Å². The number of carboxylic acids is 2. The second-order valence-electron chi connectivity index (χ2n) is 5.52. The Balaban J connectivity index is 0.000000257. The minimum Gasteiger partial charge on any atom is -0.479 e. The molecule has 0 unspecified atom stereocenters. The van der Waals surface area contributed by atoms with Gasteiger partial charge in [0.2, 0.25) is 0 Å². The standard InChI is InChI=1S/C12H17NO.C4H6O6/c14-9-11-8-13-7-6-12(11)10-4-2-1-3-5-10;5-1(3(7)8)2(6)4(9)10/h1-5,11-14H,6-9H2;1-2,5-6H,(H,7,8)(H,9,10)/t11-,12-;1-,2-/m01/s1. The maximum absolute atomic E-state index is 9.77. The number of nitrogens with one attached hydrogen (secondary N) is 1. The monoisotopic (exact) mass is 341 g/mol. The first kappa shape index (κ1) is 20.0. The van der Waals surface area contributed by atoms with Crippen LogP contribution in [-0.4, -0.2) is 69.4 Å². The van der Waals surface area contributed by atoms with Crippen LogP contribution < -0.4 is 5.32 Å². The van der Waals surface area contributed by atoms with Gasteiger partial charge in [0.15, 0.2) is 12.2 Å². The molecular formula is C16H23NO7. The fourth-order valence-corrected chi connectivity index (χ4v) is 2.52. The molecule has 1 heterocycles. The van der Waals surface area contributed by atoms with Crippen molar-refractivity contribution in [1.82, 2.24) is 5.32 Å². The Morgan fingerprint density at radius 1 is 1.08 bits per heavy atom. The lowest BCUT2D eigenvalue weighted by Crippen LogP contribution is -2.39. The van der Waals surface area contributed by atoms with Gasteiger partial charge in [-0.15, -0.1) is 0 Å². The van der Waals surface area contributed by atoms with Gasteiger partial charge in [-0.05, 0) is 24.4 Å². The Morgan fingerprint density at radius 3 is 2.08 bits per heavy atom. The van der Waals surface area contributed by atoms with E-state index in [1.54, 1.807) is 0 Å². The number of aliphatic carboxylic acids is 2. The van der Waals surface area contributed by atoms with Crippen LogP contribution in [0.2, 0.25) is 0 Å². The van der Waals surface area contributed by atoms with Crippen LogP contribution in [0.15, 0.2) is 30.3 Å². The molecule has 6 N–H and O–H groups in total. The van der Waals surface area contributed by atoms with E-state index in [2.05, 4.69) is 29.6 Å².